The standard InChI is InChI=1S/C20H24ClN3O4/c1-2-10-28-18-4-3-15(21)12-17(18)23-20(26)22-16-5-8-24(9-6-16)19(25)14-7-11-27-13-14/h3-4,7,11-13,16H,2,5-6,8-10H2,1H3,(H2,22,23,26). The summed E-state index contributed by atoms with van der Waals surface area (Å²) in [6.45, 7) is 3.73. The summed E-state index contributed by atoms with van der Waals surface area (Å²) in [6, 6.07) is 6.47. The molecule has 150 valence electrons. The van der Waals surface area contributed by atoms with E-state index in [1.54, 1.807) is 29.2 Å². The summed E-state index contributed by atoms with van der Waals surface area (Å²) in [5, 5.41) is 6.29. The molecular weight excluding hydrogens is 382 g/mol. The second-order valence-electron chi connectivity index (χ2n) is 6.67. The fourth-order valence-electron chi connectivity index (χ4n) is 3.08. The fraction of sp³-hybridized carbons (Fsp3) is 0.400. The number of carbonyl (C=O) groups is 2. The molecule has 8 heteroatoms. The molecule has 1 fully saturated rings. The van der Waals surface area contributed by atoms with Gasteiger partial charge >= 0.3 is 6.03 Å². The van der Waals surface area contributed by atoms with Gasteiger partial charge in [-0.15, -0.1) is 0 Å². The monoisotopic (exact) mass is 405 g/mol. The maximum absolute atomic E-state index is 12.4. The zero-order valence-electron chi connectivity index (χ0n) is 15.7. The van der Waals surface area contributed by atoms with Gasteiger partial charge < -0.3 is 24.7 Å². The summed E-state index contributed by atoms with van der Waals surface area (Å²) in [7, 11) is 0. The third-order valence-corrected chi connectivity index (χ3v) is 4.77. The predicted molar refractivity (Wildman–Crippen MR) is 107 cm³/mol. The molecule has 0 radical (unpaired) electrons. The normalized spacial score (nSPS) is 14.6. The largest absolute Gasteiger partial charge is 0.491 e. The van der Waals surface area contributed by atoms with Gasteiger partial charge in [0.05, 0.1) is 24.1 Å². The molecule has 0 bridgehead atoms. The zero-order valence-corrected chi connectivity index (χ0v) is 16.5. The second kappa shape index (κ2) is 9.50. The molecule has 1 saturated heterocycles. The Morgan fingerprint density at radius 1 is 1.29 bits per heavy atom. The van der Waals surface area contributed by atoms with Crippen LogP contribution in [0, 0.1) is 0 Å². The van der Waals surface area contributed by atoms with E-state index in [-0.39, 0.29) is 18.0 Å². The Kier molecular flexibility index (Phi) is 6.81. The van der Waals surface area contributed by atoms with Gasteiger partial charge in [0.15, 0.2) is 0 Å². The lowest BCUT2D eigenvalue weighted by molar-refractivity contribution is 0.0708. The lowest BCUT2D eigenvalue weighted by Crippen LogP contribution is -2.47. The molecular formula is C20H24ClN3O4. The van der Waals surface area contributed by atoms with Crippen molar-refractivity contribution < 1.29 is 18.7 Å². The van der Waals surface area contributed by atoms with Crippen molar-refractivity contribution in [2.75, 3.05) is 25.0 Å². The van der Waals surface area contributed by atoms with Crippen LogP contribution in [0.4, 0.5) is 10.5 Å². The van der Waals surface area contributed by atoms with Gasteiger partial charge in [-0.25, -0.2) is 4.79 Å². The smallest absolute Gasteiger partial charge is 0.319 e. The number of carbonyl (C=O) groups excluding carboxylic acids is 2. The van der Waals surface area contributed by atoms with Crippen molar-refractivity contribution in [3.8, 4) is 5.75 Å². The number of anilines is 1. The van der Waals surface area contributed by atoms with E-state index >= 15 is 0 Å². The van der Waals surface area contributed by atoms with Crippen LogP contribution in [0.15, 0.2) is 41.2 Å². The van der Waals surface area contributed by atoms with Gasteiger partial charge in [-0.2, -0.15) is 0 Å². The number of hydrogen-bond acceptors (Lipinski definition) is 4. The van der Waals surface area contributed by atoms with E-state index in [2.05, 4.69) is 10.6 Å². The Hall–Kier alpha value is -2.67. The number of amides is 3. The summed E-state index contributed by atoms with van der Waals surface area (Å²) in [6.07, 6.45) is 5.17. The first-order valence-corrected chi connectivity index (χ1v) is 9.76. The minimum absolute atomic E-state index is 0.00686. The van der Waals surface area contributed by atoms with E-state index < -0.39 is 0 Å². The van der Waals surface area contributed by atoms with Gasteiger partial charge in [-0.05, 0) is 43.5 Å². The van der Waals surface area contributed by atoms with Crippen molar-refractivity contribution in [1.29, 1.82) is 0 Å². The van der Waals surface area contributed by atoms with Crippen LogP contribution >= 0.6 is 11.6 Å². The molecule has 0 aliphatic carbocycles. The molecule has 0 spiro atoms. The molecule has 28 heavy (non-hydrogen) atoms. The van der Waals surface area contributed by atoms with E-state index in [0.29, 0.717) is 54.6 Å². The van der Waals surface area contributed by atoms with E-state index in [4.69, 9.17) is 20.8 Å². The molecule has 0 unspecified atom stereocenters. The number of ether oxygens (including phenoxy) is 1. The quantitative estimate of drug-likeness (QED) is 0.756. The van der Waals surface area contributed by atoms with Crippen LogP contribution in [-0.4, -0.2) is 42.6 Å². The predicted octanol–water partition coefficient (Wildman–Crippen LogP) is 4.15. The molecule has 7 nitrogen and oxygen atoms in total. The molecule has 2 N–H and O–H groups in total. The van der Waals surface area contributed by atoms with Crippen molar-refractivity contribution in [3.63, 3.8) is 0 Å². The lowest BCUT2D eigenvalue weighted by Gasteiger charge is -2.32. The number of urea groups is 1. The van der Waals surface area contributed by atoms with E-state index in [1.165, 1.54) is 12.5 Å². The topological polar surface area (TPSA) is 83.8 Å². The zero-order chi connectivity index (χ0) is 19.9. The highest BCUT2D eigenvalue weighted by Gasteiger charge is 2.25. The van der Waals surface area contributed by atoms with E-state index in [0.717, 1.165) is 6.42 Å². The van der Waals surface area contributed by atoms with Gasteiger partial charge in [0.2, 0.25) is 0 Å². The Balaban J connectivity index is 1.51. The van der Waals surface area contributed by atoms with Gasteiger partial charge in [0.25, 0.3) is 5.91 Å². The molecule has 3 rings (SSSR count). The summed E-state index contributed by atoms with van der Waals surface area (Å²) in [5.41, 5.74) is 1.08. The van der Waals surface area contributed by atoms with Crippen molar-refractivity contribution in [1.82, 2.24) is 10.2 Å². The van der Waals surface area contributed by atoms with Crippen LogP contribution in [-0.2, 0) is 0 Å². The number of piperidine rings is 1. The minimum Gasteiger partial charge on any atom is -0.491 e. The lowest BCUT2D eigenvalue weighted by atomic mass is 10.0. The number of halogens is 1. The molecule has 0 atom stereocenters. The fourth-order valence-corrected chi connectivity index (χ4v) is 3.25. The highest BCUT2D eigenvalue weighted by molar-refractivity contribution is 6.31. The summed E-state index contributed by atoms with van der Waals surface area (Å²) < 4.78 is 10.6. The Morgan fingerprint density at radius 2 is 2.07 bits per heavy atom. The molecule has 2 aromatic rings. The number of nitrogens with one attached hydrogen (secondary N) is 2. The van der Waals surface area contributed by atoms with Crippen LogP contribution in [0.5, 0.6) is 5.75 Å². The molecule has 3 amide bonds. The van der Waals surface area contributed by atoms with Crippen LogP contribution in [0.2, 0.25) is 5.02 Å². The number of likely N-dealkylation sites (tertiary alicyclic amines) is 1. The number of furan rings is 1. The first-order valence-electron chi connectivity index (χ1n) is 9.38. The summed E-state index contributed by atoms with van der Waals surface area (Å²) in [5.74, 6) is 0.537. The third kappa shape index (κ3) is 5.19. The van der Waals surface area contributed by atoms with Crippen molar-refractivity contribution in [2.24, 2.45) is 0 Å². The van der Waals surface area contributed by atoms with Crippen LogP contribution in [0.25, 0.3) is 0 Å². The summed E-state index contributed by atoms with van der Waals surface area (Å²) in [4.78, 5) is 26.5. The first kappa shape index (κ1) is 20.1. The molecule has 2 heterocycles. The van der Waals surface area contributed by atoms with Crippen molar-refractivity contribution in [2.45, 2.75) is 32.2 Å². The molecule has 1 aliphatic rings. The van der Waals surface area contributed by atoms with E-state index in [1.807, 2.05) is 6.92 Å². The van der Waals surface area contributed by atoms with Crippen LogP contribution in [0.1, 0.15) is 36.5 Å². The summed E-state index contributed by atoms with van der Waals surface area (Å²) >= 11 is 6.04. The molecule has 0 saturated carbocycles. The minimum atomic E-state index is -0.316. The van der Waals surface area contributed by atoms with E-state index in [9.17, 15) is 9.59 Å². The van der Waals surface area contributed by atoms with Crippen molar-refractivity contribution >= 4 is 29.2 Å². The van der Waals surface area contributed by atoms with Gasteiger partial charge in [-0.1, -0.05) is 18.5 Å². The highest BCUT2D eigenvalue weighted by atomic mass is 35.5. The first-order chi connectivity index (χ1) is 13.6. The number of rotatable bonds is 6. The van der Waals surface area contributed by atoms with Crippen LogP contribution in [0.3, 0.4) is 0 Å². The molecule has 1 aromatic carbocycles. The Labute approximate surface area is 169 Å². The van der Waals surface area contributed by atoms with Gasteiger partial charge in [0.1, 0.15) is 12.0 Å². The van der Waals surface area contributed by atoms with Crippen LogP contribution < -0.4 is 15.4 Å². The third-order valence-electron chi connectivity index (χ3n) is 4.54. The number of hydrogen-bond donors (Lipinski definition) is 2. The number of benzene rings is 1. The van der Waals surface area contributed by atoms with Gasteiger partial charge in [0, 0.05) is 24.2 Å². The molecule has 1 aromatic heterocycles. The Morgan fingerprint density at radius 3 is 2.75 bits per heavy atom. The average molecular weight is 406 g/mol. The number of nitrogens with zero attached hydrogens (tertiary/aromatic N) is 1. The molecule has 1 aliphatic heterocycles. The second-order valence-corrected chi connectivity index (χ2v) is 7.10. The Bertz CT molecular complexity index is 802. The average Bonchev–Trinajstić information content (AvgIpc) is 3.22. The van der Waals surface area contributed by atoms with Crippen molar-refractivity contribution in [3.05, 3.63) is 47.4 Å². The SMILES string of the molecule is CCCOc1ccc(Cl)cc1NC(=O)NC1CCN(C(=O)c2ccoc2)CC1. The maximum atomic E-state index is 12.4. The van der Waals surface area contributed by atoms with Gasteiger partial charge in [-0.3, -0.25) is 4.79 Å². The maximum Gasteiger partial charge on any atom is 0.319 e. The highest BCUT2D eigenvalue weighted by Crippen LogP contribution is 2.28.